The fourth-order valence-corrected chi connectivity index (χ4v) is 8.77. The molecule has 0 bridgehead atoms. The van der Waals surface area contributed by atoms with E-state index in [9.17, 15) is 0 Å². The first-order valence-electron chi connectivity index (χ1n) is 4.07. The maximum absolute atomic E-state index is 6.13. The molecule has 0 saturated carbocycles. The summed E-state index contributed by atoms with van der Waals surface area (Å²) in [6.45, 7) is 2.10. The van der Waals surface area contributed by atoms with Gasteiger partial charge in [-0.2, -0.15) is 0 Å². The van der Waals surface area contributed by atoms with Gasteiger partial charge in [0.05, 0.1) is 0 Å². The summed E-state index contributed by atoms with van der Waals surface area (Å²) >= 11 is -5.80. The van der Waals surface area contributed by atoms with Crippen LogP contribution in [0.25, 0.3) is 0 Å². The molecular formula is C6H13Cl5Sn2. The molecular weight excluding hydrogens is 487 g/mol. The SMILES string of the molecule is C[CH](CC[CH2][Sn]([Cl])([Cl])[Cl])[Sn]([CH3])([Cl])[Cl]. The van der Waals surface area contributed by atoms with Crippen molar-refractivity contribution in [3.8, 4) is 0 Å². The number of rotatable bonds is 5. The van der Waals surface area contributed by atoms with E-state index in [1.807, 2.05) is 4.94 Å². The molecule has 0 aromatic heterocycles. The molecule has 1 unspecified atom stereocenters. The van der Waals surface area contributed by atoms with Crippen molar-refractivity contribution in [1.82, 2.24) is 0 Å². The summed E-state index contributed by atoms with van der Waals surface area (Å²) in [6.07, 6.45) is 1.96. The Labute approximate surface area is 107 Å². The van der Waals surface area contributed by atoms with Gasteiger partial charge in [-0.1, -0.05) is 0 Å². The topological polar surface area (TPSA) is 0 Å². The third-order valence-electron chi connectivity index (χ3n) is 1.96. The average molecular weight is 500 g/mol. The van der Waals surface area contributed by atoms with E-state index in [0.29, 0.717) is 3.93 Å². The monoisotopic (exact) mass is 500 g/mol. The summed E-state index contributed by atoms with van der Waals surface area (Å²) in [6, 6.07) is 0. The van der Waals surface area contributed by atoms with Crippen molar-refractivity contribution in [3.05, 3.63) is 0 Å². The second kappa shape index (κ2) is 6.70. The Morgan fingerprint density at radius 2 is 1.54 bits per heavy atom. The van der Waals surface area contributed by atoms with Gasteiger partial charge in [0, 0.05) is 0 Å². The molecule has 13 heavy (non-hydrogen) atoms. The van der Waals surface area contributed by atoms with Gasteiger partial charge < -0.3 is 0 Å². The fraction of sp³-hybridized carbons (Fsp3) is 1.00. The minimum atomic E-state index is -3.09. The molecule has 0 fully saturated rings. The van der Waals surface area contributed by atoms with Gasteiger partial charge in [0.15, 0.2) is 0 Å². The molecule has 0 aromatic carbocycles. The molecule has 1 atom stereocenters. The normalized spacial score (nSPS) is 15.9. The molecule has 7 heteroatoms. The van der Waals surface area contributed by atoms with Crippen LogP contribution in [-0.4, -0.2) is 31.1 Å². The maximum atomic E-state index is 6.13. The summed E-state index contributed by atoms with van der Waals surface area (Å²) in [5, 5.41) is 0. The second-order valence-electron chi connectivity index (χ2n) is 3.36. The van der Waals surface area contributed by atoms with Crippen molar-refractivity contribution >= 4 is 75.7 Å². The van der Waals surface area contributed by atoms with Crippen LogP contribution in [0.4, 0.5) is 0 Å². The first-order chi connectivity index (χ1) is 5.63. The number of halogens is 5. The molecule has 0 spiro atoms. The molecule has 80 valence electrons. The van der Waals surface area contributed by atoms with Crippen molar-refractivity contribution in [2.45, 2.75) is 33.1 Å². The van der Waals surface area contributed by atoms with Crippen molar-refractivity contribution in [2.24, 2.45) is 0 Å². The van der Waals surface area contributed by atoms with E-state index >= 15 is 0 Å². The average Bonchev–Trinajstić information content (AvgIpc) is 1.82. The molecule has 0 aliphatic rings. The molecule has 0 radical (unpaired) electrons. The first kappa shape index (κ1) is 16.0. The Kier molecular flexibility index (Phi) is 8.27. The van der Waals surface area contributed by atoms with Gasteiger partial charge in [-0.25, -0.2) is 0 Å². The molecule has 0 heterocycles. The Hall–Kier alpha value is 3.05. The van der Waals surface area contributed by atoms with Crippen molar-refractivity contribution in [1.29, 1.82) is 0 Å². The van der Waals surface area contributed by atoms with Crippen molar-refractivity contribution < 1.29 is 0 Å². The molecule has 0 aromatic rings. The van der Waals surface area contributed by atoms with Crippen LogP contribution in [-0.2, 0) is 0 Å². The van der Waals surface area contributed by atoms with Gasteiger partial charge in [-0.15, -0.1) is 0 Å². The molecule has 0 aliphatic heterocycles. The summed E-state index contributed by atoms with van der Waals surface area (Å²) < 4.78 is 1.22. The Bertz CT molecular complexity index is 150. The molecule has 0 amide bonds. The van der Waals surface area contributed by atoms with Gasteiger partial charge in [0.2, 0.25) is 0 Å². The summed E-state index contributed by atoms with van der Waals surface area (Å²) in [5.74, 6) is 0. The molecule has 0 nitrogen and oxygen atoms in total. The number of hydrogen-bond donors (Lipinski definition) is 0. The van der Waals surface area contributed by atoms with Crippen LogP contribution >= 0.6 is 44.6 Å². The number of hydrogen-bond acceptors (Lipinski definition) is 0. The predicted molar refractivity (Wildman–Crippen MR) is 70.1 cm³/mol. The van der Waals surface area contributed by atoms with E-state index in [1.54, 1.807) is 0 Å². The van der Waals surface area contributed by atoms with Crippen LogP contribution in [0.5, 0.6) is 0 Å². The van der Waals surface area contributed by atoms with Crippen LogP contribution in [0, 0.1) is 0 Å². The van der Waals surface area contributed by atoms with E-state index in [4.69, 9.17) is 44.6 Å². The minimum absolute atomic E-state index is 0.441. The van der Waals surface area contributed by atoms with E-state index in [0.717, 1.165) is 17.3 Å². The van der Waals surface area contributed by atoms with Gasteiger partial charge in [0.1, 0.15) is 0 Å². The molecule has 0 saturated heterocycles. The van der Waals surface area contributed by atoms with E-state index in [1.165, 1.54) is 0 Å². The van der Waals surface area contributed by atoms with Crippen LogP contribution < -0.4 is 0 Å². The van der Waals surface area contributed by atoms with Gasteiger partial charge in [-0.3, -0.25) is 0 Å². The molecule has 0 rings (SSSR count). The van der Waals surface area contributed by atoms with Gasteiger partial charge >= 0.3 is 109 Å². The van der Waals surface area contributed by atoms with Gasteiger partial charge in [0.25, 0.3) is 0 Å². The Morgan fingerprint density at radius 3 is 1.85 bits per heavy atom. The quantitative estimate of drug-likeness (QED) is 0.447. The summed E-state index contributed by atoms with van der Waals surface area (Å²) in [5.41, 5.74) is 0. The van der Waals surface area contributed by atoms with E-state index in [-0.39, 0.29) is 0 Å². The summed E-state index contributed by atoms with van der Waals surface area (Å²) in [4.78, 5) is 2.00. The zero-order valence-corrected chi connectivity index (χ0v) is 17.1. The van der Waals surface area contributed by atoms with Crippen LogP contribution in [0.2, 0.25) is 13.3 Å². The second-order valence-corrected chi connectivity index (χ2v) is 45.3. The molecule has 0 aliphatic carbocycles. The zero-order chi connectivity index (χ0) is 10.7. The van der Waals surface area contributed by atoms with E-state index in [2.05, 4.69) is 6.92 Å². The molecule has 0 N–H and O–H groups in total. The first-order valence-corrected chi connectivity index (χ1v) is 28.7. The van der Waals surface area contributed by atoms with Crippen molar-refractivity contribution in [3.63, 3.8) is 0 Å². The van der Waals surface area contributed by atoms with Crippen LogP contribution in [0.3, 0.4) is 0 Å². The standard InChI is InChI=1S/C5H10.CH3.5ClH.2Sn/c1-3-5-4-2;;;;;;;;/h4H,1,3,5H2,2H3;1H3;5*1H;;/q;;;;;;;+2;+3/p-5. The van der Waals surface area contributed by atoms with Gasteiger partial charge in [-0.05, 0) is 0 Å². The van der Waals surface area contributed by atoms with Crippen molar-refractivity contribution in [2.75, 3.05) is 0 Å². The van der Waals surface area contributed by atoms with E-state index < -0.39 is 31.1 Å². The summed E-state index contributed by atoms with van der Waals surface area (Å²) in [7, 11) is 29.7. The Morgan fingerprint density at radius 1 is 1.08 bits per heavy atom. The van der Waals surface area contributed by atoms with Crippen LogP contribution in [0.15, 0.2) is 0 Å². The third-order valence-corrected chi connectivity index (χ3v) is 19.2. The predicted octanol–water partition coefficient (Wildman–Crippen LogP) is 5.36. The zero-order valence-electron chi connectivity index (χ0n) is 7.59. The Balaban J connectivity index is 3.67. The third kappa shape index (κ3) is 9.95. The van der Waals surface area contributed by atoms with Crippen LogP contribution in [0.1, 0.15) is 19.8 Å². The fourth-order valence-electron chi connectivity index (χ4n) is 0.862.